The predicted octanol–water partition coefficient (Wildman–Crippen LogP) is 2.12. The predicted molar refractivity (Wildman–Crippen MR) is 81.4 cm³/mol. The number of anilines is 1. The number of carbonyl (C=O) groups is 2. The number of nitrogens with zero attached hydrogens (tertiary/aromatic N) is 1. The Balaban J connectivity index is 2.20. The second-order valence-corrected chi connectivity index (χ2v) is 6.12. The molecule has 2 rings (SSSR count). The number of likely N-dealkylation sites (tertiary alicyclic amines) is 1. The van der Waals surface area contributed by atoms with Crippen molar-refractivity contribution < 1.29 is 19.8 Å². The van der Waals surface area contributed by atoms with Gasteiger partial charge < -0.3 is 20.4 Å². The highest BCUT2D eigenvalue weighted by molar-refractivity contribution is 9.10. The molecule has 0 spiro atoms. The van der Waals surface area contributed by atoms with Crippen LogP contribution in [0, 0.1) is 13.8 Å². The summed E-state index contributed by atoms with van der Waals surface area (Å²) in [7, 11) is 0. The summed E-state index contributed by atoms with van der Waals surface area (Å²) >= 11 is 3.39. The molecule has 7 heteroatoms. The minimum absolute atomic E-state index is 0.0192. The summed E-state index contributed by atoms with van der Waals surface area (Å²) < 4.78 is 0.736. The average Bonchev–Trinajstić information content (AvgIpc) is 2.76. The molecule has 0 aromatic heterocycles. The van der Waals surface area contributed by atoms with Gasteiger partial charge in [0.05, 0.1) is 11.8 Å². The first-order chi connectivity index (χ1) is 9.79. The molecule has 2 amide bonds. The Labute approximate surface area is 130 Å². The smallest absolute Gasteiger partial charge is 0.326 e. The Morgan fingerprint density at radius 3 is 2.62 bits per heavy atom. The number of halogens is 1. The monoisotopic (exact) mass is 356 g/mol. The molecule has 1 saturated heterocycles. The highest BCUT2D eigenvalue weighted by atomic mass is 79.9. The Hall–Kier alpha value is -1.60. The Morgan fingerprint density at radius 2 is 2.05 bits per heavy atom. The van der Waals surface area contributed by atoms with Gasteiger partial charge in [0.25, 0.3) is 0 Å². The number of β-amino-alcohol motifs (C(OH)–C–C–N with tert-alkyl or cyclic N) is 1. The quantitative estimate of drug-likeness (QED) is 0.756. The maximum atomic E-state index is 12.3. The van der Waals surface area contributed by atoms with E-state index >= 15 is 0 Å². The van der Waals surface area contributed by atoms with Crippen LogP contribution in [-0.4, -0.2) is 45.8 Å². The summed E-state index contributed by atoms with van der Waals surface area (Å²) in [6.07, 6.45) is -0.754. The largest absolute Gasteiger partial charge is 0.480 e. The first-order valence-corrected chi connectivity index (χ1v) is 7.34. The van der Waals surface area contributed by atoms with E-state index in [9.17, 15) is 14.7 Å². The number of aliphatic carboxylic acids is 1. The number of urea groups is 1. The topological polar surface area (TPSA) is 89.9 Å². The van der Waals surface area contributed by atoms with Crippen LogP contribution in [0.15, 0.2) is 16.6 Å². The van der Waals surface area contributed by atoms with Gasteiger partial charge >= 0.3 is 12.0 Å². The molecule has 0 bridgehead atoms. The van der Waals surface area contributed by atoms with E-state index in [1.807, 2.05) is 26.0 Å². The van der Waals surface area contributed by atoms with Gasteiger partial charge in [-0.15, -0.1) is 0 Å². The number of benzene rings is 1. The summed E-state index contributed by atoms with van der Waals surface area (Å²) in [5.41, 5.74) is 2.54. The van der Waals surface area contributed by atoms with Crippen molar-refractivity contribution in [2.45, 2.75) is 32.4 Å². The van der Waals surface area contributed by atoms with Crippen molar-refractivity contribution in [3.63, 3.8) is 0 Å². The lowest BCUT2D eigenvalue weighted by Gasteiger charge is -2.22. The van der Waals surface area contributed by atoms with E-state index < -0.39 is 24.1 Å². The van der Waals surface area contributed by atoms with E-state index in [0.717, 1.165) is 20.5 Å². The number of aryl methyl sites for hydroxylation is 2. The molecule has 1 fully saturated rings. The highest BCUT2D eigenvalue weighted by Crippen LogP contribution is 2.29. The van der Waals surface area contributed by atoms with Crippen molar-refractivity contribution in [2.24, 2.45) is 0 Å². The SMILES string of the molecule is Cc1cc(C)c(NC(=O)N2CC(O)CC2C(=O)O)c(Br)c1. The van der Waals surface area contributed by atoms with Gasteiger partial charge in [-0.05, 0) is 47.0 Å². The minimum Gasteiger partial charge on any atom is -0.480 e. The summed E-state index contributed by atoms with van der Waals surface area (Å²) in [5.74, 6) is -1.11. The second kappa shape index (κ2) is 6.03. The van der Waals surface area contributed by atoms with Crippen LogP contribution in [0.2, 0.25) is 0 Å². The van der Waals surface area contributed by atoms with Gasteiger partial charge in [-0.25, -0.2) is 9.59 Å². The number of hydrogen-bond acceptors (Lipinski definition) is 3. The zero-order valence-electron chi connectivity index (χ0n) is 11.8. The van der Waals surface area contributed by atoms with Crippen LogP contribution >= 0.6 is 15.9 Å². The fourth-order valence-corrected chi connectivity index (χ4v) is 3.30. The molecular weight excluding hydrogens is 340 g/mol. The molecule has 1 aliphatic heterocycles. The fraction of sp³-hybridized carbons (Fsp3) is 0.429. The Morgan fingerprint density at radius 1 is 1.38 bits per heavy atom. The maximum absolute atomic E-state index is 12.3. The number of hydrogen-bond donors (Lipinski definition) is 3. The Bertz CT molecular complexity index is 567. The van der Waals surface area contributed by atoms with Crippen LogP contribution in [0.4, 0.5) is 10.5 Å². The average molecular weight is 357 g/mol. The summed E-state index contributed by atoms with van der Waals surface area (Å²) in [6.45, 7) is 3.83. The van der Waals surface area contributed by atoms with E-state index in [2.05, 4.69) is 21.2 Å². The van der Waals surface area contributed by atoms with Crippen LogP contribution in [0.1, 0.15) is 17.5 Å². The molecule has 114 valence electrons. The molecule has 0 aliphatic carbocycles. The molecular formula is C14H17BrN2O4. The van der Waals surface area contributed by atoms with Crippen LogP contribution in [0.25, 0.3) is 0 Å². The molecule has 0 radical (unpaired) electrons. The van der Waals surface area contributed by atoms with E-state index in [-0.39, 0.29) is 13.0 Å². The van der Waals surface area contributed by atoms with Crippen molar-refractivity contribution in [3.05, 3.63) is 27.7 Å². The number of aliphatic hydroxyl groups is 1. The van der Waals surface area contributed by atoms with E-state index in [1.54, 1.807) is 0 Å². The zero-order chi connectivity index (χ0) is 15.7. The summed E-state index contributed by atoms with van der Waals surface area (Å²) in [6, 6.07) is 2.28. The van der Waals surface area contributed by atoms with Crippen LogP contribution in [0.3, 0.4) is 0 Å². The first-order valence-electron chi connectivity index (χ1n) is 6.55. The highest BCUT2D eigenvalue weighted by Gasteiger charge is 2.39. The van der Waals surface area contributed by atoms with Gasteiger partial charge in [0.15, 0.2) is 0 Å². The lowest BCUT2D eigenvalue weighted by Crippen LogP contribution is -2.43. The van der Waals surface area contributed by atoms with Gasteiger partial charge in [0, 0.05) is 17.4 Å². The van der Waals surface area contributed by atoms with Gasteiger partial charge in [0.2, 0.25) is 0 Å². The van der Waals surface area contributed by atoms with Gasteiger partial charge in [-0.2, -0.15) is 0 Å². The van der Waals surface area contributed by atoms with Crippen LogP contribution in [0.5, 0.6) is 0 Å². The molecule has 1 aromatic carbocycles. The number of rotatable bonds is 2. The number of amides is 2. The zero-order valence-corrected chi connectivity index (χ0v) is 13.3. The summed E-state index contributed by atoms with van der Waals surface area (Å²) in [5, 5.41) is 21.4. The number of aliphatic hydroxyl groups excluding tert-OH is 1. The van der Waals surface area contributed by atoms with Crippen LogP contribution in [-0.2, 0) is 4.79 Å². The molecule has 0 saturated carbocycles. The third kappa shape index (κ3) is 3.36. The summed E-state index contributed by atoms with van der Waals surface area (Å²) in [4.78, 5) is 24.6. The molecule has 2 atom stereocenters. The maximum Gasteiger partial charge on any atom is 0.326 e. The van der Waals surface area contributed by atoms with E-state index in [0.29, 0.717) is 5.69 Å². The lowest BCUT2D eigenvalue weighted by molar-refractivity contribution is -0.141. The molecule has 3 N–H and O–H groups in total. The lowest BCUT2D eigenvalue weighted by atomic mass is 10.1. The van der Waals surface area contributed by atoms with Crippen LogP contribution < -0.4 is 5.32 Å². The number of nitrogens with one attached hydrogen (secondary N) is 1. The molecule has 1 heterocycles. The van der Waals surface area contributed by atoms with Gasteiger partial charge in [0.1, 0.15) is 6.04 Å². The number of carbonyl (C=O) groups excluding carboxylic acids is 1. The minimum atomic E-state index is -1.11. The molecule has 21 heavy (non-hydrogen) atoms. The molecule has 1 aliphatic rings. The van der Waals surface area contributed by atoms with Crippen molar-refractivity contribution in [3.8, 4) is 0 Å². The normalized spacial score (nSPS) is 21.4. The van der Waals surface area contributed by atoms with E-state index in [4.69, 9.17) is 5.11 Å². The van der Waals surface area contributed by atoms with Crippen molar-refractivity contribution >= 4 is 33.6 Å². The van der Waals surface area contributed by atoms with E-state index in [1.165, 1.54) is 0 Å². The number of carboxylic acid groups (broad SMARTS) is 1. The fourth-order valence-electron chi connectivity index (χ4n) is 2.53. The van der Waals surface area contributed by atoms with Crippen molar-refractivity contribution in [1.82, 2.24) is 4.90 Å². The Kier molecular flexibility index (Phi) is 4.53. The number of carboxylic acids is 1. The van der Waals surface area contributed by atoms with Crippen molar-refractivity contribution in [2.75, 3.05) is 11.9 Å². The third-order valence-electron chi connectivity index (χ3n) is 3.49. The molecule has 2 unspecified atom stereocenters. The third-order valence-corrected chi connectivity index (χ3v) is 4.11. The molecule has 1 aromatic rings. The second-order valence-electron chi connectivity index (χ2n) is 5.26. The first kappa shape index (κ1) is 15.8. The van der Waals surface area contributed by atoms with Gasteiger partial charge in [-0.3, -0.25) is 0 Å². The molecule has 6 nitrogen and oxygen atoms in total. The van der Waals surface area contributed by atoms with Gasteiger partial charge in [-0.1, -0.05) is 6.07 Å². The van der Waals surface area contributed by atoms with Crippen molar-refractivity contribution in [1.29, 1.82) is 0 Å². The standard InChI is InChI=1S/C14H17BrN2O4/c1-7-3-8(2)12(10(15)4-7)16-14(21)17-6-9(18)5-11(17)13(19)20/h3-4,9,11,18H,5-6H2,1-2H3,(H,16,21)(H,19,20).